The van der Waals surface area contributed by atoms with Crippen molar-refractivity contribution in [3.63, 3.8) is 0 Å². The zero-order valence-electron chi connectivity index (χ0n) is 13.2. The van der Waals surface area contributed by atoms with Gasteiger partial charge in [0.25, 0.3) is 0 Å². The summed E-state index contributed by atoms with van der Waals surface area (Å²) in [5.41, 5.74) is 1.10. The first-order valence-corrected chi connectivity index (χ1v) is 7.34. The van der Waals surface area contributed by atoms with E-state index in [4.69, 9.17) is 9.47 Å². The lowest BCUT2D eigenvalue weighted by molar-refractivity contribution is -0.125. The van der Waals surface area contributed by atoms with Crippen LogP contribution in [0.1, 0.15) is 26.3 Å². The molecule has 1 atom stereocenters. The first kappa shape index (κ1) is 15.6. The Bertz CT molecular complexity index is 502. The fourth-order valence-corrected chi connectivity index (χ4v) is 2.12. The Morgan fingerprint density at radius 2 is 2.00 bits per heavy atom. The molecular weight excluding hydrogens is 268 g/mol. The number of carbonyl (C=O) groups is 1. The maximum atomic E-state index is 12.1. The zero-order chi connectivity index (χ0) is 15.4. The average molecular weight is 292 g/mol. The summed E-state index contributed by atoms with van der Waals surface area (Å²) < 4.78 is 10.7. The van der Waals surface area contributed by atoms with Crippen molar-refractivity contribution in [1.29, 1.82) is 0 Å². The quantitative estimate of drug-likeness (QED) is 0.871. The van der Waals surface area contributed by atoms with Crippen molar-refractivity contribution in [2.45, 2.75) is 33.4 Å². The second kappa shape index (κ2) is 6.80. The number of nitrogens with one attached hydrogen (secondary N) is 1. The monoisotopic (exact) mass is 292 g/mol. The SMILES string of the molecule is CC(C)CNC(=O)C(C)N(C)Cc1ccc2c(c1)OCO2. The van der Waals surface area contributed by atoms with Gasteiger partial charge in [-0.25, -0.2) is 0 Å². The van der Waals surface area contributed by atoms with Crippen molar-refractivity contribution in [3.05, 3.63) is 23.8 Å². The average Bonchev–Trinajstić information content (AvgIpc) is 2.91. The first-order valence-electron chi connectivity index (χ1n) is 7.34. The van der Waals surface area contributed by atoms with E-state index < -0.39 is 0 Å². The smallest absolute Gasteiger partial charge is 0.237 e. The molecular formula is C16H24N2O3. The molecule has 1 aliphatic rings. The van der Waals surface area contributed by atoms with Crippen LogP contribution in [0.3, 0.4) is 0 Å². The lowest BCUT2D eigenvalue weighted by atomic mass is 10.1. The summed E-state index contributed by atoms with van der Waals surface area (Å²) in [6.07, 6.45) is 0. The van der Waals surface area contributed by atoms with E-state index >= 15 is 0 Å². The molecule has 0 bridgehead atoms. The van der Waals surface area contributed by atoms with Crippen LogP contribution in [0, 0.1) is 5.92 Å². The lowest BCUT2D eigenvalue weighted by Crippen LogP contribution is -2.43. The minimum Gasteiger partial charge on any atom is -0.454 e. The van der Waals surface area contributed by atoms with Crippen LogP contribution in [-0.4, -0.2) is 37.2 Å². The minimum absolute atomic E-state index is 0.0620. The third kappa shape index (κ3) is 4.11. The number of ether oxygens (including phenoxy) is 2. The molecule has 1 N–H and O–H groups in total. The molecule has 1 aromatic rings. The van der Waals surface area contributed by atoms with Crippen LogP contribution in [0.2, 0.25) is 0 Å². The van der Waals surface area contributed by atoms with E-state index in [2.05, 4.69) is 19.2 Å². The molecule has 116 valence electrons. The molecule has 1 unspecified atom stereocenters. The van der Waals surface area contributed by atoms with Gasteiger partial charge in [0.1, 0.15) is 0 Å². The highest BCUT2D eigenvalue weighted by Crippen LogP contribution is 2.32. The van der Waals surface area contributed by atoms with Crippen LogP contribution in [0.4, 0.5) is 0 Å². The van der Waals surface area contributed by atoms with Crippen molar-refractivity contribution in [2.75, 3.05) is 20.4 Å². The first-order chi connectivity index (χ1) is 9.97. The molecule has 0 fully saturated rings. The number of benzene rings is 1. The van der Waals surface area contributed by atoms with Gasteiger partial charge >= 0.3 is 0 Å². The number of fused-ring (bicyclic) bond motifs is 1. The van der Waals surface area contributed by atoms with E-state index in [1.165, 1.54) is 0 Å². The Hall–Kier alpha value is -1.75. The largest absolute Gasteiger partial charge is 0.454 e. The van der Waals surface area contributed by atoms with Gasteiger partial charge in [-0.3, -0.25) is 9.69 Å². The topological polar surface area (TPSA) is 50.8 Å². The number of rotatable bonds is 6. The van der Waals surface area contributed by atoms with E-state index in [0.717, 1.165) is 17.1 Å². The molecule has 1 aliphatic heterocycles. The summed E-state index contributed by atoms with van der Waals surface area (Å²) in [5.74, 6) is 2.08. The number of carbonyl (C=O) groups excluding carboxylic acids is 1. The van der Waals surface area contributed by atoms with E-state index in [0.29, 0.717) is 19.0 Å². The summed E-state index contributed by atoms with van der Waals surface area (Å²) >= 11 is 0. The summed E-state index contributed by atoms with van der Waals surface area (Å²) in [6, 6.07) is 5.71. The lowest BCUT2D eigenvalue weighted by Gasteiger charge is -2.24. The number of hydrogen-bond acceptors (Lipinski definition) is 4. The van der Waals surface area contributed by atoms with Crippen LogP contribution in [-0.2, 0) is 11.3 Å². The number of amides is 1. The minimum atomic E-state index is -0.172. The summed E-state index contributed by atoms with van der Waals surface area (Å²) in [4.78, 5) is 14.1. The van der Waals surface area contributed by atoms with Gasteiger partial charge < -0.3 is 14.8 Å². The number of nitrogens with zero attached hydrogens (tertiary/aromatic N) is 1. The van der Waals surface area contributed by atoms with Crippen LogP contribution in [0.15, 0.2) is 18.2 Å². The highest BCUT2D eigenvalue weighted by atomic mass is 16.7. The van der Waals surface area contributed by atoms with Crippen molar-refractivity contribution in [2.24, 2.45) is 5.92 Å². The van der Waals surface area contributed by atoms with Crippen molar-refractivity contribution in [1.82, 2.24) is 10.2 Å². The molecule has 0 saturated heterocycles. The number of hydrogen-bond donors (Lipinski definition) is 1. The van der Waals surface area contributed by atoms with E-state index in [1.807, 2.05) is 37.1 Å². The second-order valence-electron chi connectivity index (χ2n) is 5.92. The van der Waals surface area contributed by atoms with Crippen molar-refractivity contribution < 1.29 is 14.3 Å². The van der Waals surface area contributed by atoms with E-state index in [1.54, 1.807) is 0 Å². The molecule has 0 saturated carbocycles. The molecule has 0 spiro atoms. The summed E-state index contributed by atoms with van der Waals surface area (Å²) in [5, 5.41) is 2.96. The normalized spacial score (nSPS) is 14.6. The van der Waals surface area contributed by atoms with Gasteiger partial charge in [-0.1, -0.05) is 19.9 Å². The Morgan fingerprint density at radius 3 is 2.71 bits per heavy atom. The van der Waals surface area contributed by atoms with E-state index in [-0.39, 0.29) is 18.7 Å². The molecule has 1 amide bonds. The van der Waals surface area contributed by atoms with Crippen LogP contribution in [0.25, 0.3) is 0 Å². The molecule has 0 radical (unpaired) electrons. The zero-order valence-corrected chi connectivity index (χ0v) is 13.2. The van der Waals surface area contributed by atoms with Crippen LogP contribution >= 0.6 is 0 Å². The fraction of sp³-hybridized carbons (Fsp3) is 0.562. The van der Waals surface area contributed by atoms with Gasteiger partial charge in [-0.05, 0) is 37.6 Å². The van der Waals surface area contributed by atoms with Gasteiger partial charge in [0.05, 0.1) is 6.04 Å². The predicted molar refractivity (Wildman–Crippen MR) is 81.3 cm³/mol. The molecule has 0 aliphatic carbocycles. The van der Waals surface area contributed by atoms with E-state index in [9.17, 15) is 4.79 Å². The standard InChI is InChI=1S/C16H24N2O3/c1-11(2)8-17-16(19)12(3)18(4)9-13-5-6-14-15(7-13)21-10-20-14/h5-7,11-12H,8-10H2,1-4H3,(H,17,19). The Labute approximate surface area is 126 Å². The predicted octanol–water partition coefficient (Wildman–Crippen LogP) is 2.01. The van der Waals surface area contributed by atoms with Crippen molar-refractivity contribution in [3.8, 4) is 11.5 Å². The summed E-state index contributed by atoms with van der Waals surface area (Å²) in [7, 11) is 1.95. The molecule has 21 heavy (non-hydrogen) atoms. The van der Waals surface area contributed by atoms with Gasteiger partial charge in [0.2, 0.25) is 12.7 Å². The van der Waals surface area contributed by atoms with Crippen molar-refractivity contribution >= 4 is 5.91 Å². The summed E-state index contributed by atoms with van der Waals surface area (Å²) in [6.45, 7) is 7.77. The maximum absolute atomic E-state index is 12.1. The molecule has 1 heterocycles. The Morgan fingerprint density at radius 1 is 1.29 bits per heavy atom. The molecule has 1 aromatic carbocycles. The molecule has 0 aromatic heterocycles. The second-order valence-corrected chi connectivity index (χ2v) is 5.92. The fourth-order valence-electron chi connectivity index (χ4n) is 2.12. The highest BCUT2D eigenvalue weighted by Gasteiger charge is 2.19. The van der Waals surface area contributed by atoms with Crippen LogP contribution < -0.4 is 14.8 Å². The number of likely N-dealkylation sites (N-methyl/N-ethyl adjacent to an activating group) is 1. The van der Waals surface area contributed by atoms with Gasteiger partial charge in [0, 0.05) is 13.1 Å². The van der Waals surface area contributed by atoms with Gasteiger partial charge in [-0.2, -0.15) is 0 Å². The third-order valence-electron chi connectivity index (χ3n) is 3.59. The molecule has 5 heteroatoms. The Kier molecular flexibility index (Phi) is 5.07. The highest BCUT2D eigenvalue weighted by molar-refractivity contribution is 5.81. The van der Waals surface area contributed by atoms with Crippen LogP contribution in [0.5, 0.6) is 11.5 Å². The van der Waals surface area contributed by atoms with Gasteiger partial charge in [0.15, 0.2) is 11.5 Å². The Balaban J connectivity index is 1.91. The maximum Gasteiger partial charge on any atom is 0.237 e. The third-order valence-corrected chi connectivity index (χ3v) is 3.59. The van der Waals surface area contributed by atoms with Gasteiger partial charge in [-0.15, -0.1) is 0 Å². The molecule has 5 nitrogen and oxygen atoms in total. The molecule has 2 rings (SSSR count).